The molecule has 0 fully saturated rings. The number of aromatic nitrogens is 4. The van der Waals surface area contributed by atoms with Gasteiger partial charge >= 0.3 is 0 Å². The van der Waals surface area contributed by atoms with Gasteiger partial charge in [0.05, 0.1) is 0 Å². The van der Waals surface area contributed by atoms with Gasteiger partial charge in [-0.25, -0.2) is 4.40 Å². The van der Waals surface area contributed by atoms with Crippen LogP contribution in [0.1, 0.15) is 23.8 Å². The maximum Gasteiger partial charge on any atom is 0.242 e. The van der Waals surface area contributed by atoms with Crippen LogP contribution in [0.4, 0.5) is 0 Å². The van der Waals surface area contributed by atoms with E-state index < -0.39 is 0 Å². The van der Waals surface area contributed by atoms with Gasteiger partial charge < -0.3 is 0 Å². The molecule has 1 aromatic carbocycles. The first-order chi connectivity index (χ1) is 13.1. The Morgan fingerprint density at radius 1 is 1.26 bits per heavy atom. The molecule has 0 N–H and O–H groups in total. The Kier molecular flexibility index (Phi) is 3.94. The van der Waals surface area contributed by atoms with Gasteiger partial charge in [-0.05, 0) is 38.3 Å². The largest absolute Gasteiger partial charge is 0.287 e. The van der Waals surface area contributed by atoms with Crippen LogP contribution in [0.3, 0.4) is 0 Å². The van der Waals surface area contributed by atoms with Crippen LogP contribution in [-0.2, 0) is 12.8 Å². The highest BCUT2D eigenvalue weighted by molar-refractivity contribution is 7.99. The first-order valence-corrected chi connectivity index (χ1v) is 10.7. The summed E-state index contributed by atoms with van der Waals surface area (Å²) >= 11 is 3.32. The molecule has 3 aromatic heterocycles. The van der Waals surface area contributed by atoms with Gasteiger partial charge in [-0.2, -0.15) is 0 Å². The normalized spacial score (nSPS) is 13.5. The van der Waals surface area contributed by atoms with Gasteiger partial charge in [-0.3, -0.25) is 9.36 Å². The molecule has 0 radical (unpaired) electrons. The van der Waals surface area contributed by atoms with E-state index in [0.717, 1.165) is 51.8 Å². The van der Waals surface area contributed by atoms with Crippen LogP contribution < -0.4 is 5.43 Å². The molecule has 0 unspecified atom stereocenters. The molecule has 0 spiro atoms. The van der Waals surface area contributed by atoms with E-state index >= 15 is 0 Å². The minimum Gasteiger partial charge on any atom is -0.287 e. The fraction of sp³-hybridized carbons (Fsp3) is 0.250. The van der Waals surface area contributed by atoms with Crippen molar-refractivity contribution in [1.29, 1.82) is 0 Å². The van der Waals surface area contributed by atoms with E-state index in [1.54, 1.807) is 23.1 Å². The van der Waals surface area contributed by atoms with E-state index in [4.69, 9.17) is 0 Å². The van der Waals surface area contributed by atoms with Gasteiger partial charge in [0.2, 0.25) is 11.2 Å². The Hall–Kier alpha value is -2.38. The number of benzene rings is 1. The van der Waals surface area contributed by atoms with Gasteiger partial charge in [0.15, 0.2) is 5.16 Å². The molecule has 4 aromatic rings. The first-order valence-electron chi connectivity index (χ1n) is 8.92. The van der Waals surface area contributed by atoms with Crippen molar-refractivity contribution in [2.75, 3.05) is 5.75 Å². The fourth-order valence-corrected chi connectivity index (χ4v) is 5.78. The summed E-state index contributed by atoms with van der Waals surface area (Å²) in [6.45, 7) is 5.98. The standard InChI is InChI=1S/C20H18N4OS2/c1-12(2)11-26-20-22-21-19-23(13-7-4-3-5-8-13)16-17(25)14-9-6-10-15(14)27-18(16)24(19)20/h3-5,7-8H,1,6,9-11H2,2H3. The number of fused-ring (bicyclic) bond motifs is 4. The summed E-state index contributed by atoms with van der Waals surface area (Å²) in [5, 5.41) is 9.66. The van der Waals surface area contributed by atoms with Gasteiger partial charge in [0.25, 0.3) is 0 Å². The van der Waals surface area contributed by atoms with Crippen molar-refractivity contribution in [3.63, 3.8) is 0 Å². The summed E-state index contributed by atoms with van der Waals surface area (Å²) in [6.07, 6.45) is 2.92. The molecule has 0 aliphatic heterocycles. The number of aryl methyl sites for hydroxylation is 1. The number of hydrogen-bond acceptors (Lipinski definition) is 5. The lowest BCUT2D eigenvalue weighted by Gasteiger charge is -2.05. The maximum atomic E-state index is 13.4. The highest BCUT2D eigenvalue weighted by atomic mass is 32.2. The molecule has 0 saturated carbocycles. The molecule has 136 valence electrons. The molecule has 5 rings (SSSR count). The van der Waals surface area contributed by atoms with Crippen LogP contribution in [0.2, 0.25) is 0 Å². The molecule has 7 heteroatoms. The van der Waals surface area contributed by atoms with E-state index in [1.165, 1.54) is 4.88 Å². The molecule has 1 aliphatic carbocycles. The van der Waals surface area contributed by atoms with Gasteiger partial charge in [-0.15, -0.1) is 21.5 Å². The molecule has 3 heterocycles. The average Bonchev–Trinajstić information content (AvgIpc) is 3.36. The Morgan fingerprint density at radius 3 is 2.85 bits per heavy atom. The lowest BCUT2D eigenvalue weighted by molar-refractivity contribution is 0.913. The van der Waals surface area contributed by atoms with E-state index in [1.807, 2.05) is 46.2 Å². The van der Waals surface area contributed by atoms with Crippen LogP contribution in [0.25, 0.3) is 21.8 Å². The van der Waals surface area contributed by atoms with Crippen molar-refractivity contribution in [1.82, 2.24) is 19.2 Å². The predicted molar refractivity (Wildman–Crippen MR) is 112 cm³/mol. The highest BCUT2D eigenvalue weighted by Crippen LogP contribution is 2.34. The molecule has 27 heavy (non-hydrogen) atoms. The molecule has 0 amide bonds. The van der Waals surface area contributed by atoms with E-state index in [9.17, 15) is 4.79 Å². The van der Waals surface area contributed by atoms with Gasteiger partial charge in [0.1, 0.15) is 10.3 Å². The van der Waals surface area contributed by atoms with E-state index in [0.29, 0.717) is 11.3 Å². The molecule has 1 aliphatic rings. The SMILES string of the molecule is C=C(C)CSc1nnc2n(-c3ccccc3)c3c(=O)c4c(sc3n12)CCC4. The van der Waals surface area contributed by atoms with Crippen molar-refractivity contribution in [2.45, 2.75) is 31.3 Å². The number of nitrogens with zero attached hydrogens (tertiary/aromatic N) is 4. The lowest BCUT2D eigenvalue weighted by atomic mass is 10.2. The summed E-state index contributed by atoms with van der Waals surface area (Å²) < 4.78 is 4.01. The molecular formula is C20H18N4OS2. The van der Waals surface area contributed by atoms with Gasteiger partial charge in [0, 0.05) is 21.9 Å². The summed E-state index contributed by atoms with van der Waals surface area (Å²) in [5.41, 5.74) is 3.85. The number of para-hydroxylation sites is 1. The summed E-state index contributed by atoms with van der Waals surface area (Å²) in [7, 11) is 0. The predicted octanol–water partition coefficient (Wildman–Crippen LogP) is 4.25. The Labute approximate surface area is 164 Å². The van der Waals surface area contributed by atoms with Crippen LogP contribution in [-0.4, -0.2) is 24.9 Å². The quantitative estimate of drug-likeness (QED) is 0.383. The molecule has 5 nitrogen and oxygen atoms in total. The Balaban J connectivity index is 1.89. The minimum atomic E-state index is 0.140. The Morgan fingerprint density at radius 2 is 2.07 bits per heavy atom. The van der Waals surface area contributed by atoms with Crippen molar-refractivity contribution in [2.24, 2.45) is 0 Å². The molecule has 0 bridgehead atoms. The molecular weight excluding hydrogens is 376 g/mol. The van der Waals surface area contributed by atoms with Crippen molar-refractivity contribution in [3.05, 3.63) is 63.1 Å². The first kappa shape index (κ1) is 16.8. The number of hydrogen-bond donors (Lipinski definition) is 0. The summed E-state index contributed by atoms with van der Waals surface area (Å²) in [5.74, 6) is 1.47. The zero-order valence-corrected chi connectivity index (χ0v) is 16.6. The summed E-state index contributed by atoms with van der Waals surface area (Å²) in [4.78, 5) is 15.5. The topological polar surface area (TPSA) is 52.2 Å². The monoisotopic (exact) mass is 394 g/mol. The van der Waals surface area contributed by atoms with Crippen molar-refractivity contribution in [3.8, 4) is 5.69 Å². The third kappa shape index (κ3) is 2.56. The molecule has 0 saturated heterocycles. The Bertz CT molecular complexity index is 1250. The van der Waals surface area contributed by atoms with Crippen molar-refractivity contribution >= 4 is 39.2 Å². The molecule has 0 atom stereocenters. The zero-order chi connectivity index (χ0) is 18.5. The average molecular weight is 395 g/mol. The number of thioether (sulfide) groups is 1. The van der Waals surface area contributed by atoms with Gasteiger partial charge in [-0.1, -0.05) is 42.1 Å². The number of imidazole rings is 1. The smallest absolute Gasteiger partial charge is 0.242 e. The van der Waals surface area contributed by atoms with Crippen LogP contribution >= 0.6 is 23.1 Å². The van der Waals surface area contributed by atoms with Crippen LogP contribution in [0.5, 0.6) is 0 Å². The zero-order valence-electron chi connectivity index (χ0n) is 14.9. The second-order valence-corrected chi connectivity index (χ2v) is 8.90. The van der Waals surface area contributed by atoms with Crippen LogP contribution in [0, 0.1) is 0 Å². The fourth-order valence-electron chi connectivity index (χ4n) is 3.61. The minimum absolute atomic E-state index is 0.140. The highest BCUT2D eigenvalue weighted by Gasteiger charge is 2.26. The summed E-state index contributed by atoms with van der Waals surface area (Å²) in [6, 6.07) is 9.94. The lowest BCUT2D eigenvalue weighted by Crippen LogP contribution is -2.11. The third-order valence-electron chi connectivity index (χ3n) is 4.78. The second kappa shape index (κ2) is 6.35. The second-order valence-electron chi connectivity index (χ2n) is 6.87. The maximum absolute atomic E-state index is 13.4. The number of rotatable bonds is 4. The van der Waals surface area contributed by atoms with Crippen molar-refractivity contribution < 1.29 is 0 Å². The van der Waals surface area contributed by atoms with E-state index in [2.05, 4.69) is 16.8 Å². The van der Waals surface area contributed by atoms with E-state index in [-0.39, 0.29) is 5.43 Å². The third-order valence-corrected chi connectivity index (χ3v) is 7.21. The van der Waals surface area contributed by atoms with Crippen LogP contribution in [0.15, 0.2) is 52.4 Å².